The van der Waals surface area contributed by atoms with Crippen LogP contribution in [0.5, 0.6) is 0 Å². The average Bonchev–Trinajstić information content (AvgIpc) is 2.65. The number of hydrogen-bond donors (Lipinski definition) is 4. The van der Waals surface area contributed by atoms with Crippen molar-refractivity contribution in [3.05, 3.63) is 40.4 Å². The monoisotopic (exact) mass is 219 g/mol. The van der Waals surface area contributed by atoms with E-state index in [-0.39, 0.29) is 11.5 Å². The van der Waals surface area contributed by atoms with Gasteiger partial charge in [0.2, 0.25) is 5.56 Å². The van der Waals surface area contributed by atoms with E-state index in [1.54, 1.807) is 0 Å². The van der Waals surface area contributed by atoms with Crippen molar-refractivity contribution in [3.63, 3.8) is 0 Å². The maximum absolute atomic E-state index is 11.6. The molecule has 0 aliphatic heterocycles. The summed E-state index contributed by atoms with van der Waals surface area (Å²) in [7, 11) is 0. The lowest BCUT2D eigenvalue weighted by atomic mass is 10.2. The Kier molecular flexibility index (Phi) is 2.42. The molecule has 0 saturated carbocycles. The molecule has 0 bridgehead atoms. The minimum atomic E-state index is -0.382. The normalized spacial score (nSPS) is 10.0. The van der Waals surface area contributed by atoms with Crippen molar-refractivity contribution < 1.29 is 4.79 Å². The first-order chi connectivity index (χ1) is 7.66. The molecule has 0 aliphatic carbocycles. The molecule has 82 valence electrons. The summed E-state index contributed by atoms with van der Waals surface area (Å²) in [5.74, 6) is -0.0524. The lowest BCUT2D eigenvalue weighted by Crippen LogP contribution is -2.15. The van der Waals surface area contributed by atoms with Crippen molar-refractivity contribution in [2.24, 2.45) is 0 Å². The highest BCUT2D eigenvalue weighted by Gasteiger charge is 2.08. The van der Waals surface area contributed by atoms with Gasteiger partial charge in [0.15, 0.2) is 5.82 Å². The second-order valence-corrected chi connectivity index (χ2v) is 3.10. The van der Waals surface area contributed by atoms with E-state index in [1.165, 1.54) is 24.5 Å². The highest BCUT2D eigenvalue weighted by Crippen LogP contribution is 2.13. The number of H-pyrrole nitrogens is 2. The maximum atomic E-state index is 11.6. The van der Waals surface area contributed by atoms with Crippen LogP contribution in [0.15, 0.2) is 29.3 Å². The molecule has 2 rings (SSSR count). The molecule has 0 unspecified atom stereocenters. The number of hydrogen-bond acceptors (Lipinski definition) is 4. The second-order valence-electron chi connectivity index (χ2n) is 3.10. The van der Waals surface area contributed by atoms with Gasteiger partial charge in [0.1, 0.15) is 0 Å². The Labute approximate surface area is 89.7 Å². The number of nitrogens with two attached hydrogens (primary N) is 1. The van der Waals surface area contributed by atoms with Crippen molar-refractivity contribution in [3.8, 4) is 0 Å². The van der Waals surface area contributed by atoms with Gasteiger partial charge in [0, 0.05) is 12.3 Å². The Morgan fingerprint density at radius 2 is 2.25 bits per heavy atom. The molecule has 2 aromatic heterocycles. The molecule has 0 saturated heterocycles. The molecular weight excluding hydrogens is 210 g/mol. The third kappa shape index (κ3) is 1.92. The number of aromatic amines is 2. The Balaban J connectivity index is 2.18. The number of carbonyl (C=O) groups excluding carboxylic acids is 1. The Hall–Kier alpha value is -2.57. The number of amides is 1. The zero-order chi connectivity index (χ0) is 11.5. The first-order valence-electron chi connectivity index (χ1n) is 4.46. The van der Waals surface area contributed by atoms with Crippen molar-refractivity contribution in [2.45, 2.75) is 0 Å². The van der Waals surface area contributed by atoms with Gasteiger partial charge in [0.05, 0.1) is 17.4 Å². The van der Waals surface area contributed by atoms with E-state index in [4.69, 9.17) is 5.73 Å². The van der Waals surface area contributed by atoms with Crippen LogP contribution < -0.4 is 16.6 Å². The highest BCUT2D eigenvalue weighted by atomic mass is 16.2. The third-order valence-electron chi connectivity index (χ3n) is 1.95. The van der Waals surface area contributed by atoms with Crippen LogP contribution in [0.3, 0.4) is 0 Å². The topological polar surface area (TPSA) is 117 Å². The number of carbonyl (C=O) groups is 1. The quantitative estimate of drug-likeness (QED) is 0.565. The number of nitrogens with one attached hydrogen (secondary N) is 3. The number of nitrogens with zero attached hydrogens (tertiary/aromatic N) is 1. The molecular formula is C9H9N5O2. The van der Waals surface area contributed by atoms with Gasteiger partial charge in [-0.05, 0) is 6.07 Å². The molecule has 0 aromatic carbocycles. The van der Waals surface area contributed by atoms with Gasteiger partial charge < -0.3 is 16.0 Å². The highest BCUT2D eigenvalue weighted by molar-refractivity contribution is 6.04. The van der Waals surface area contributed by atoms with Crippen LogP contribution >= 0.6 is 0 Å². The number of rotatable bonds is 2. The van der Waals surface area contributed by atoms with Crippen molar-refractivity contribution >= 4 is 17.4 Å². The molecule has 0 spiro atoms. The summed E-state index contributed by atoms with van der Waals surface area (Å²) in [5, 5.41) is 8.72. The molecule has 16 heavy (non-hydrogen) atoms. The van der Waals surface area contributed by atoms with E-state index in [0.29, 0.717) is 17.1 Å². The molecule has 2 heterocycles. The van der Waals surface area contributed by atoms with E-state index >= 15 is 0 Å². The van der Waals surface area contributed by atoms with Gasteiger partial charge in [-0.1, -0.05) is 0 Å². The summed E-state index contributed by atoms with van der Waals surface area (Å²) in [5.41, 5.74) is 5.93. The molecule has 0 radical (unpaired) electrons. The third-order valence-corrected chi connectivity index (χ3v) is 1.95. The van der Waals surface area contributed by atoms with Crippen molar-refractivity contribution in [2.75, 3.05) is 11.1 Å². The summed E-state index contributed by atoms with van der Waals surface area (Å²) >= 11 is 0. The number of aromatic nitrogens is 3. The predicted molar refractivity (Wildman–Crippen MR) is 58.0 cm³/mol. The van der Waals surface area contributed by atoms with E-state index < -0.39 is 0 Å². The fourth-order valence-corrected chi connectivity index (χ4v) is 1.13. The zero-order valence-electron chi connectivity index (χ0n) is 8.15. The van der Waals surface area contributed by atoms with Gasteiger partial charge in [0.25, 0.3) is 5.91 Å². The van der Waals surface area contributed by atoms with Gasteiger partial charge >= 0.3 is 0 Å². The van der Waals surface area contributed by atoms with E-state index in [2.05, 4.69) is 20.5 Å². The summed E-state index contributed by atoms with van der Waals surface area (Å²) in [4.78, 5) is 24.8. The van der Waals surface area contributed by atoms with Gasteiger partial charge in [-0.3, -0.25) is 14.7 Å². The van der Waals surface area contributed by atoms with E-state index in [1.807, 2.05) is 0 Å². The van der Waals surface area contributed by atoms with Crippen LogP contribution in [0, 0.1) is 0 Å². The molecule has 0 atom stereocenters. The lowest BCUT2D eigenvalue weighted by Gasteiger charge is -2.02. The van der Waals surface area contributed by atoms with Crippen LogP contribution in [0.2, 0.25) is 0 Å². The molecule has 0 fully saturated rings. The second kappa shape index (κ2) is 3.89. The van der Waals surface area contributed by atoms with Gasteiger partial charge in [-0.15, -0.1) is 0 Å². The maximum Gasteiger partial charge on any atom is 0.258 e. The molecule has 7 nitrogen and oxygen atoms in total. The Bertz CT molecular complexity index is 551. The molecule has 2 aromatic rings. The fourth-order valence-electron chi connectivity index (χ4n) is 1.13. The Morgan fingerprint density at radius 1 is 1.44 bits per heavy atom. The summed E-state index contributed by atoms with van der Waals surface area (Å²) in [6.45, 7) is 0. The summed E-state index contributed by atoms with van der Waals surface area (Å²) in [6, 6.07) is 2.69. The van der Waals surface area contributed by atoms with Crippen LogP contribution in [0.25, 0.3) is 0 Å². The van der Waals surface area contributed by atoms with Crippen molar-refractivity contribution in [1.82, 2.24) is 15.2 Å². The van der Waals surface area contributed by atoms with Crippen LogP contribution in [0.1, 0.15) is 10.4 Å². The largest absolute Gasteiger partial charge is 0.394 e. The van der Waals surface area contributed by atoms with Crippen LogP contribution in [-0.4, -0.2) is 21.1 Å². The standard InChI is InChI=1S/C9H9N5O2/c10-6-4-12-14-8(6)13-9(16)5-1-2-7(15)11-3-5/h1-4H,10H2,(H,11,15)(H2,12,13,14,16). The molecule has 7 heteroatoms. The molecule has 0 aliphatic rings. The average molecular weight is 219 g/mol. The predicted octanol–water partition coefficient (Wildman–Crippen LogP) is -0.0675. The number of pyridine rings is 1. The van der Waals surface area contributed by atoms with Gasteiger partial charge in [-0.2, -0.15) is 5.10 Å². The minimum absolute atomic E-state index is 0.266. The first-order valence-corrected chi connectivity index (χ1v) is 4.46. The number of nitrogen functional groups attached to an aromatic ring is 1. The lowest BCUT2D eigenvalue weighted by molar-refractivity contribution is 0.102. The Morgan fingerprint density at radius 3 is 2.81 bits per heavy atom. The molecule has 1 amide bonds. The SMILES string of the molecule is Nc1cn[nH]c1NC(=O)c1ccc(=O)[nH]c1. The smallest absolute Gasteiger partial charge is 0.258 e. The first kappa shape index (κ1) is 9.97. The van der Waals surface area contributed by atoms with E-state index in [9.17, 15) is 9.59 Å². The van der Waals surface area contributed by atoms with E-state index in [0.717, 1.165) is 0 Å². The van der Waals surface area contributed by atoms with Crippen molar-refractivity contribution in [1.29, 1.82) is 0 Å². The number of anilines is 2. The van der Waals surface area contributed by atoms with Crippen LogP contribution in [-0.2, 0) is 0 Å². The fraction of sp³-hybridized carbons (Fsp3) is 0. The zero-order valence-corrected chi connectivity index (χ0v) is 8.15. The van der Waals surface area contributed by atoms with Crippen LogP contribution in [0.4, 0.5) is 11.5 Å². The molecule has 5 N–H and O–H groups in total. The summed E-state index contributed by atoms with van der Waals surface area (Å²) < 4.78 is 0. The summed E-state index contributed by atoms with van der Waals surface area (Å²) in [6.07, 6.45) is 2.71. The minimum Gasteiger partial charge on any atom is -0.394 e. The van der Waals surface area contributed by atoms with Gasteiger partial charge in [-0.25, -0.2) is 0 Å².